The zero-order chi connectivity index (χ0) is 71.8. The Morgan fingerprint density at radius 2 is 0.576 bits per heavy atom. The normalized spacial score (nSPS) is 13.2. The van der Waals surface area contributed by atoms with Crippen LogP contribution in [-0.4, -0.2) is 82.3 Å². The smallest absolute Gasteiger partial charge is 0.306 e. The predicted molar refractivity (Wildman–Crippen MR) is 426 cm³/mol. The Hall–Kier alpha value is -4.05. The zero-order valence-electron chi connectivity index (χ0n) is 65.6. The summed E-state index contributed by atoms with van der Waals surface area (Å²) in [6.45, 7) is 4.68. The Bertz CT molecular complexity index is 2000. The minimum atomic E-state index is -1.62. The summed E-state index contributed by atoms with van der Waals surface area (Å²) in [6.07, 6.45) is 109. The van der Waals surface area contributed by atoms with Crippen LogP contribution in [0.1, 0.15) is 386 Å². The number of hydrogen-bond acceptors (Lipinski definition) is 8. The van der Waals surface area contributed by atoms with E-state index >= 15 is 0 Å². The van der Waals surface area contributed by atoms with Gasteiger partial charge in [-0.2, -0.15) is 0 Å². The van der Waals surface area contributed by atoms with Gasteiger partial charge in [0.2, 0.25) is 0 Å². The van der Waals surface area contributed by atoms with E-state index in [-0.39, 0.29) is 32.2 Å². The van der Waals surface area contributed by atoms with E-state index in [1.807, 2.05) is 21.1 Å². The van der Waals surface area contributed by atoms with Crippen molar-refractivity contribution in [2.75, 3.05) is 47.5 Å². The van der Waals surface area contributed by atoms with Crippen LogP contribution in [-0.2, 0) is 33.3 Å². The standard InChI is InChI=1S/C90H159NO8/c1-6-8-10-12-14-16-18-20-22-24-26-28-30-32-34-36-38-40-41-42-43-44-45-46-47-49-51-53-55-57-59-61-63-65-67-69-71-73-75-77-79-81-88(93)99-86(85-98-90(89(94)95)96-83-82-91(3,4)5)84-97-87(92)80-78-76-74-72-70-68-66-64-62-60-58-56-54-52-50-48-39-37-35-33-31-29-27-25-23-21-19-17-15-13-11-9-7-2/h8,10,14,16,19-22,25-28,32,34,38,40,42-43,86,90H,6-7,9,11-13,15,17-18,23-24,29-31,33,35-37,39,41,44-85H2,1-5H3/b10-8-,16-14-,21-19-,22-20-,27-25-,28-26-,34-32-,40-38-,43-42-. The number of aliphatic carboxylic acids is 1. The SMILES string of the molecule is CC/C=C\C/C=C\C/C=C\C/C=C\C/C=C\C/C=C\C/C=C\CCCCCCCCCCCCCCCCCCCCCC(=O)OC(COC(=O)CCCCCCCCCCCCCCCCCCCCCCC/C=C\C/C=C\CCCCCCC)COC(OCC[N+](C)(C)C)C(=O)[O-]. The van der Waals surface area contributed by atoms with Gasteiger partial charge in [0.05, 0.1) is 40.3 Å². The van der Waals surface area contributed by atoms with Crippen LogP contribution in [0, 0.1) is 0 Å². The van der Waals surface area contributed by atoms with Gasteiger partial charge in [0.15, 0.2) is 12.4 Å². The zero-order valence-corrected chi connectivity index (χ0v) is 65.6. The molecule has 0 aliphatic heterocycles. The van der Waals surface area contributed by atoms with Gasteiger partial charge >= 0.3 is 11.9 Å². The van der Waals surface area contributed by atoms with Crippen molar-refractivity contribution in [3.05, 3.63) is 109 Å². The molecule has 2 atom stereocenters. The van der Waals surface area contributed by atoms with Crippen LogP contribution in [0.15, 0.2) is 109 Å². The molecule has 0 amide bonds. The number of quaternary nitrogens is 1. The van der Waals surface area contributed by atoms with Crippen molar-refractivity contribution in [3.63, 3.8) is 0 Å². The number of rotatable bonds is 78. The first-order chi connectivity index (χ1) is 48.6. The fraction of sp³-hybridized carbons (Fsp3) is 0.767. The van der Waals surface area contributed by atoms with Crippen molar-refractivity contribution in [3.8, 4) is 0 Å². The molecule has 0 fully saturated rings. The maximum Gasteiger partial charge on any atom is 0.306 e. The molecular formula is C90H159NO8. The molecule has 0 rings (SSSR count). The van der Waals surface area contributed by atoms with Crippen molar-refractivity contribution in [1.29, 1.82) is 0 Å². The highest BCUT2D eigenvalue weighted by molar-refractivity contribution is 5.70. The fourth-order valence-electron chi connectivity index (χ4n) is 12.1. The van der Waals surface area contributed by atoms with Gasteiger partial charge in [-0.1, -0.05) is 380 Å². The topological polar surface area (TPSA) is 111 Å². The number of carboxylic acid groups (broad SMARTS) is 1. The molecule has 572 valence electrons. The highest BCUT2D eigenvalue weighted by atomic mass is 16.7. The number of ether oxygens (including phenoxy) is 4. The Kier molecular flexibility index (Phi) is 76.4. The van der Waals surface area contributed by atoms with Gasteiger partial charge in [0.25, 0.3) is 0 Å². The molecule has 0 spiro atoms. The molecular weight excluding hydrogens is 1220 g/mol. The number of hydrogen-bond donors (Lipinski definition) is 0. The van der Waals surface area contributed by atoms with E-state index in [2.05, 4.69) is 123 Å². The quantitative estimate of drug-likeness (QED) is 0.0195. The number of nitrogens with zero attached hydrogens (tertiary/aromatic N) is 1. The van der Waals surface area contributed by atoms with Crippen molar-refractivity contribution < 1.29 is 42.9 Å². The molecule has 0 aromatic carbocycles. The lowest BCUT2D eigenvalue weighted by atomic mass is 10.0. The summed E-state index contributed by atoms with van der Waals surface area (Å²) >= 11 is 0. The maximum atomic E-state index is 13.0. The molecule has 0 aromatic rings. The van der Waals surface area contributed by atoms with Gasteiger partial charge in [-0.3, -0.25) is 9.59 Å². The summed E-state index contributed by atoms with van der Waals surface area (Å²) in [4.78, 5) is 37.7. The molecule has 99 heavy (non-hydrogen) atoms. The number of carbonyl (C=O) groups is 3. The van der Waals surface area contributed by atoms with E-state index < -0.39 is 24.3 Å². The van der Waals surface area contributed by atoms with Crippen LogP contribution in [0.2, 0.25) is 0 Å². The Labute approximate surface area is 613 Å². The summed E-state index contributed by atoms with van der Waals surface area (Å²) in [5.41, 5.74) is 0. The van der Waals surface area contributed by atoms with Gasteiger partial charge in [0, 0.05) is 12.8 Å². The highest BCUT2D eigenvalue weighted by Crippen LogP contribution is 2.19. The second kappa shape index (κ2) is 79.6. The van der Waals surface area contributed by atoms with E-state index in [0.29, 0.717) is 23.9 Å². The molecule has 9 nitrogen and oxygen atoms in total. The molecule has 0 N–H and O–H groups in total. The molecule has 0 heterocycles. The molecule has 0 bridgehead atoms. The maximum absolute atomic E-state index is 13.0. The number of allylic oxidation sites excluding steroid dienone is 18. The average molecular weight is 1380 g/mol. The van der Waals surface area contributed by atoms with Crippen LogP contribution in [0.5, 0.6) is 0 Å². The lowest BCUT2D eigenvalue weighted by molar-refractivity contribution is -0.870. The number of unbranched alkanes of at least 4 members (excludes halogenated alkanes) is 45. The van der Waals surface area contributed by atoms with Crippen molar-refractivity contribution in [1.82, 2.24) is 0 Å². The van der Waals surface area contributed by atoms with E-state index in [1.165, 1.54) is 270 Å². The van der Waals surface area contributed by atoms with Gasteiger partial charge < -0.3 is 33.3 Å². The van der Waals surface area contributed by atoms with Crippen molar-refractivity contribution in [2.24, 2.45) is 0 Å². The summed E-state index contributed by atoms with van der Waals surface area (Å²) < 4.78 is 22.9. The third-order valence-electron chi connectivity index (χ3n) is 18.5. The lowest BCUT2D eigenvalue weighted by Crippen LogP contribution is -2.44. The van der Waals surface area contributed by atoms with E-state index in [0.717, 1.165) is 83.5 Å². The van der Waals surface area contributed by atoms with Crippen LogP contribution in [0.4, 0.5) is 0 Å². The first-order valence-electron chi connectivity index (χ1n) is 42.0. The van der Waals surface area contributed by atoms with E-state index in [4.69, 9.17) is 18.9 Å². The largest absolute Gasteiger partial charge is 0.545 e. The molecule has 0 aliphatic carbocycles. The second-order valence-corrected chi connectivity index (χ2v) is 29.4. The van der Waals surface area contributed by atoms with Crippen LogP contribution in [0.3, 0.4) is 0 Å². The monoisotopic (exact) mass is 1380 g/mol. The van der Waals surface area contributed by atoms with Gasteiger partial charge in [-0.15, -0.1) is 0 Å². The van der Waals surface area contributed by atoms with Crippen LogP contribution in [0.25, 0.3) is 0 Å². The third kappa shape index (κ3) is 81.1. The first kappa shape index (κ1) is 94.9. The van der Waals surface area contributed by atoms with E-state index in [9.17, 15) is 19.5 Å². The number of esters is 2. The fourth-order valence-corrected chi connectivity index (χ4v) is 12.1. The molecule has 2 unspecified atom stereocenters. The Morgan fingerprint density at radius 3 is 0.859 bits per heavy atom. The second-order valence-electron chi connectivity index (χ2n) is 29.4. The van der Waals surface area contributed by atoms with Gasteiger partial charge in [-0.05, 0) is 103 Å². The third-order valence-corrected chi connectivity index (χ3v) is 18.5. The van der Waals surface area contributed by atoms with Crippen molar-refractivity contribution in [2.45, 2.75) is 399 Å². The van der Waals surface area contributed by atoms with Gasteiger partial charge in [-0.25, -0.2) is 0 Å². The number of carboxylic acids is 1. The lowest BCUT2D eigenvalue weighted by Gasteiger charge is -2.26. The van der Waals surface area contributed by atoms with E-state index in [1.54, 1.807) is 0 Å². The molecule has 0 aliphatic rings. The summed E-state index contributed by atoms with van der Waals surface area (Å²) in [6, 6.07) is 0. The van der Waals surface area contributed by atoms with Gasteiger partial charge in [0.1, 0.15) is 13.2 Å². The van der Waals surface area contributed by atoms with Crippen LogP contribution >= 0.6 is 0 Å². The first-order valence-corrected chi connectivity index (χ1v) is 42.0. The molecule has 0 radical (unpaired) electrons. The molecule has 9 heteroatoms. The molecule has 0 aromatic heterocycles. The van der Waals surface area contributed by atoms with Crippen molar-refractivity contribution >= 4 is 17.9 Å². The summed E-state index contributed by atoms with van der Waals surface area (Å²) in [5.74, 6) is -2.26. The minimum Gasteiger partial charge on any atom is -0.545 e. The van der Waals surface area contributed by atoms with Crippen LogP contribution < -0.4 is 5.11 Å². The molecule has 0 saturated carbocycles. The molecule has 0 saturated heterocycles. The average Bonchev–Trinajstić information content (AvgIpc) is 2.62. The number of carbonyl (C=O) groups excluding carboxylic acids is 3. The Balaban J connectivity index is 3.98. The summed E-state index contributed by atoms with van der Waals surface area (Å²) in [5, 5.41) is 11.9. The highest BCUT2D eigenvalue weighted by Gasteiger charge is 2.22. The predicted octanol–water partition coefficient (Wildman–Crippen LogP) is 25.9. The number of likely N-dealkylation sites (N-methyl/N-ethyl adjacent to an activating group) is 1. The summed E-state index contributed by atoms with van der Waals surface area (Å²) in [7, 11) is 5.95. The minimum absolute atomic E-state index is 0.147. The Morgan fingerprint density at radius 1 is 0.313 bits per heavy atom.